The van der Waals surface area contributed by atoms with Crippen molar-refractivity contribution in [2.45, 2.75) is 6.42 Å². The number of hydrogen-bond acceptors (Lipinski definition) is 5. The second-order valence-electron chi connectivity index (χ2n) is 3.13. The predicted octanol–water partition coefficient (Wildman–Crippen LogP) is -1.87. The summed E-state index contributed by atoms with van der Waals surface area (Å²) in [5.41, 5.74) is 0. The molecule has 0 atom stereocenters. The van der Waals surface area contributed by atoms with E-state index in [0.717, 1.165) is 13.0 Å². The van der Waals surface area contributed by atoms with E-state index in [9.17, 15) is 0 Å². The van der Waals surface area contributed by atoms with Crippen LogP contribution >= 0.6 is 0 Å². The van der Waals surface area contributed by atoms with E-state index >= 15 is 0 Å². The summed E-state index contributed by atoms with van der Waals surface area (Å²) >= 11 is 0. The van der Waals surface area contributed by atoms with Gasteiger partial charge >= 0.3 is 7.12 Å². The van der Waals surface area contributed by atoms with Gasteiger partial charge in [0.1, 0.15) is 0 Å². The van der Waals surface area contributed by atoms with Gasteiger partial charge in [-0.2, -0.15) is 0 Å². The van der Waals surface area contributed by atoms with Gasteiger partial charge in [0.15, 0.2) is 0 Å². The number of hydrazine groups is 1. The summed E-state index contributed by atoms with van der Waals surface area (Å²) in [6.07, 6.45) is 1.03. The van der Waals surface area contributed by atoms with E-state index < -0.39 is 7.12 Å². The summed E-state index contributed by atoms with van der Waals surface area (Å²) in [5.74, 6) is 5.46. The van der Waals surface area contributed by atoms with Crippen molar-refractivity contribution in [3.8, 4) is 0 Å². The van der Waals surface area contributed by atoms with Crippen molar-refractivity contribution in [1.82, 2.24) is 9.91 Å². The molecule has 0 saturated heterocycles. The molecular formula is C6H18BN3O2. The van der Waals surface area contributed by atoms with Crippen LogP contribution in [0.1, 0.15) is 6.42 Å². The molecular weight excluding hydrogens is 157 g/mol. The molecule has 0 aliphatic heterocycles. The fourth-order valence-corrected chi connectivity index (χ4v) is 0.891. The highest BCUT2D eigenvalue weighted by molar-refractivity contribution is 6.41. The maximum atomic E-state index is 8.55. The third kappa shape index (κ3) is 7.97. The van der Waals surface area contributed by atoms with Crippen LogP contribution in [0, 0.1) is 0 Å². The quantitative estimate of drug-likeness (QED) is 0.250. The first-order valence-corrected chi connectivity index (χ1v) is 4.03. The van der Waals surface area contributed by atoms with Gasteiger partial charge in [-0.05, 0) is 27.1 Å². The lowest BCUT2D eigenvalue weighted by molar-refractivity contribution is 0.266. The van der Waals surface area contributed by atoms with Gasteiger partial charge in [-0.1, -0.05) is 0 Å². The van der Waals surface area contributed by atoms with Gasteiger partial charge in [-0.3, -0.25) is 5.84 Å². The molecule has 0 amide bonds. The first-order chi connectivity index (χ1) is 5.52. The van der Waals surface area contributed by atoms with Crippen LogP contribution in [-0.4, -0.2) is 60.7 Å². The lowest BCUT2D eigenvalue weighted by Crippen LogP contribution is -2.41. The molecule has 0 aliphatic rings. The third-order valence-electron chi connectivity index (χ3n) is 1.45. The van der Waals surface area contributed by atoms with Gasteiger partial charge in [-0.15, -0.1) is 0 Å². The van der Waals surface area contributed by atoms with Crippen LogP contribution in [0.15, 0.2) is 0 Å². The highest BCUT2D eigenvalue weighted by atomic mass is 16.4. The zero-order valence-electron chi connectivity index (χ0n) is 7.77. The van der Waals surface area contributed by atoms with Crippen molar-refractivity contribution < 1.29 is 10.0 Å². The fraction of sp³-hybridized carbons (Fsp3) is 1.00. The summed E-state index contributed by atoms with van der Waals surface area (Å²) in [6, 6.07) is 0. The molecule has 0 radical (unpaired) electrons. The third-order valence-corrected chi connectivity index (χ3v) is 1.45. The molecule has 0 unspecified atom stereocenters. The van der Waals surface area contributed by atoms with E-state index in [2.05, 4.69) is 4.90 Å². The van der Waals surface area contributed by atoms with Crippen molar-refractivity contribution in [2.75, 3.05) is 33.6 Å². The fourth-order valence-electron chi connectivity index (χ4n) is 0.891. The minimum absolute atomic E-state index is 0.105. The Kier molecular flexibility index (Phi) is 6.32. The predicted molar refractivity (Wildman–Crippen MR) is 49.1 cm³/mol. The molecule has 5 nitrogen and oxygen atoms in total. The Balaban J connectivity index is 3.25. The SMILES string of the molecule is CN(C)CCCN(N)CB(O)O. The van der Waals surface area contributed by atoms with E-state index in [4.69, 9.17) is 15.9 Å². The van der Waals surface area contributed by atoms with E-state index in [-0.39, 0.29) is 6.44 Å². The maximum absolute atomic E-state index is 8.55. The van der Waals surface area contributed by atoms with Gasteiger partial charge in [0, 0.05) is 13.0 Å². The largest absolute Gasteiger partial charge is 0.468 e. The topological polar surface area (TPSA) is 73.0 Å². The van der Waals surface area contributed by atoms with Gasteiger partial charge in [-0.25, -0.2) is 5.01 Å². The monoisotopic (exact) mass is 175 g/mol. The van der Waals surface area contributed by atoms with E-state index in [1.807, 2.05) is 14.1 Å². The van der Waals surface area contributed by atoms with Crippen LogP contribution in [0.2, 0.25) is 0 Å². The van der Waals surface area contributed by atoms with Gasteiger partial charge in [0.25, 0.3) is 0 Å². The summed E-state index contributed by atoms with van der Waals surface area (Å²) in [7, 11) is 2.64. The lowest BCUT2D eigenvalue weighted by Gasteiger charge is -2.16. The molecule has 0 saturated carbocycles. The number of hydrogen-bond donors (Lipinski definition) is 3. The van der Waals surface area contributed by atoms with Crippen molar-refractivity contribution in [3.63, 3.8) is 0 Å². The Bertz CT molecular complexity index is 113. The molecule has 0 aliphatic carbocycles. The molecule has 0 heterocycles. The number of nitrogens with zero attached hydrogens (tertiary/aromatic N) is 2. The number of rotatable bonds is 6. The summed E-state index contributed by atoms with van der Waals surface area (Å²) in [4.78, 5) is 2.06. The lowest BCUT2D eigenvalue weighted by atomic mass is 9.92. The van der Waals surface area contributed by atoms with Gasteiger partial charge in [0.2, 0.25) is 0 Å². The van der Waals surface area contributed by atoms with E-state index in [1.165, 1.54) is 5.01 Å². The first kappa shape index (κ1) is 11.9. The van der Waals surface area contributed by atoms with E-state index in [0.29, 0.717) is 6.54 Å². The molecule has 72 valence electrons. The smallest absolute Gasteiger partial charge is 0.426 e. The zero-order valence-corrected chi connectivity index (χ0v) is 7.77. The highest BCUT2D eigenvalue weighted by Gasteiger charge is 2.10. The van der Waals surface area contributed by atoms with Crippen LogP contribution in [0.4, 0.5) is 0 Å². The average Bonchev–Trinajstić information content (AvgIpc) is 1.84. The molecule has 0 spiro atoms. The summed E-state index contributed by atoms with van der Waals surface area (Å²) in [5, 5.41) is 18.5. The Morgan fingerprint density at radius 3 is 2.25 bits per heavy atom. The van der Waals surface area contributed by atoms with Gasteiger partial charge < -0.3 is 14.9 Å². The van der Waals surface area contributed by atoms with Crippen molar-refractivity contribution in [1.29, 1.82) is 0 Å². The standard InChI is InChI=1S/C6H18BN3O2/c1-9(2)4-3-5-10(8)6-7(11)12/h11-12H,3-6,8H2,1-2H3. The summed E-state index contributed by atoms with van der Waals surface area (Å²) in [6.45, 7) is 1.63. The second-order valence-corrected chi connectivity index (χ2v) is 3.13. The molecule has 6 heteroatoms. The minimum Gasteiger partial charge on any atom is -0.426 e. The zero-order chi connectivity index (χ0) is 9.56. The van der Waals surface area contributed by atoms with Gasteiger partial charge in [0.05, 0.1) is 0 Å². The van der Waals surface area contributed by atoms with Crippen molar-refractivity contribution in [2.24, 2.45) is 5.84 Å². The van der Waals surface area contributed by atoms with Crippen LogP contribution in [0.3, 0.4) is 0 Å². The molecule has 12 heavy (non-hydrogen) atoms. The molecule has 0 aromatic rings. The highest BCUT2D eigenvalue weighted by Crippen LogP contribution is 1.86. The Morgan fingerprint density at radius 1 is 1.25 bits per heavy atom. The molecule has 0 aromatic carbocycles. The first-order valence-electron chi connectivity index (χ1n) is 4.03. The Morgan fingerprint density at radius 2 is 1.83 bits per heavy atom. The van der Waals surface area contributed by atoms with Crippen LogP contribution in [0.5, 0.6) is 0 Å². The Hall–Kier alpha value is -0.135. The van der Waals surface area contributed by atoms with Crippen molar-refractivity contribution in [3.05, 3.63) is 0 Å². The van der Waals surface area contributed by atoms with Crippen LogP contribution < -0.4 is 5.84 Å². The number of nitrogens with two attached hydrogens (primary N) is 1. The van der Waals surface area contributed by atoms with Crippen LogP contribution in [-0.2, 0) is 0 Å². The molecule has 0 bridgehead atoms. The minimum atomic E-state index is -1.34. The van der Waals surface area contributed by atoms with E-state index in [1.54, 1.807) is 0 Å². The van der Waals surface area contributed by atoms with Crippen molar-refractivity contribution >= 4 is 7.12 Å². The Labute approximate surface area is 73.9 Å². The van der Waals surface area contributed by atoms with Crippen LogP contribution in [0.25, 0.3) is 0 Å². The summed E-state index contributed by atoms with van der Waals surface area (Å²) < 4.78 is 0. The normalized spacial score (nSPS) is 11.2. The second kappa shape index (κ2) is 6.39. The molecule has 0 fully saturated rings. The molecule has 4 N–H and O–H groups in total. The molecule has 0 rings (SSSR count). The molecule has 0 aromatic heterocycles. The average molecular weight is 175 g/mol. The maximum Gasteiger partial charge on any atom is 0.468 e.